The molecule has 0 spiro atoms. The van der Waals surface area contributed by atoms with E-state index in [2.05, 4.69) is 20.5 Å². The van der Waals surface area contributed by atoms with E-state index in [1.165, 1.54) is 31.7 Å². The Kier molecular flexibility index (Phi) is 12.1. The molecular weight excluding hydrogens is 482 g/mol. The van der Waals surface area contributed by atoms with Crippen LogP contribution in [0.15, 0.2) is 29.3 Å². The second-order valence-electron chi connectivity index (χ2n) is 8.00. The fourth-order valence-electron chi connectivity index (χ4n) is 4.07. The van der Waals surface area contributed by atoms with Crippen LogP contribution in [-0.4, -0.2) is 58.3 Å². The van der Waals surface area contributed by atoms with Crippen LogP contribution in [0.4, 0.5) is 4.39 Å². The van der Waals surface area contributed by atoms with Crippen molar-refractivity contribution in [2.75, 3.05) is 47.4 Å². The SMILES string of the molecule is CCOCCC1(CNC(=NC)NCC(c2cccc(F)c2)N(C)C)CCCC1.I. The number of halogens is 2. The van der Waals surface area contributed by atoms with Crippen LogP contribution in [0.3, 0.4) is 0 Å². The monoisotopic (exact) mass is 520 g/mol. The first kappa shape index (κ1) is 26.1. The van der Waals surface area contributed by atoms with Gasteiger partial charge < -0.3 is 20.3 Å². The molecule has 2 rings (SSSR count). The summed E-state index contributed by atoms with van der Waals surface area (Å²) in [4.78, 5) is 6.48. The summed E-state index contributed by atoms with van der Waals surface area (Å²) in [5.41, 5.74) is 1.26. The number of nitrogens with one attached hydrogen (secondary N) is 2. The molecule has 29 heavy (non-hydrogen) atoms. The molecule has 0 bridgehead atoms. The second kappa shape index (κ2) is 13.4. The molecule has 0 heterocycles. The molecule has 1 atom stereocenters. The lowest BCUT2D eigenvalue weighted by Crippen LogP contribution is -2.45. The van der Waals surface area contributed by atoms with Crippen LogP contribution < -0.4 is 10.6 Å². The summed E-state index contributed by atoms with van der Waals surface area (Å²) >= 11 is 0. The van der Waals surface area contributed by atoms with Gasteiger partial charge in [0.2, 0.25) is 0 Å². The number of hydrogen-bond donors (Lipinski definition) is 2. The van der Waals surface area contributed by atoms with Gasteiger partial charge in [-0.25, -0.2) is 4.39 Å². The summed E-state index contributed by atoms with van der Waals surface area (Å²) in [6, 6.07) is 6.87. The molecule has 7 heteroatoms. The lowest BCUT2D eigenvalue weighted by atomic mass is 9.83. The normalized spacial score (nSPS) is 17.1. The number of benzene rings is 1. The van der Waals surface area contributed by atoms with E-state index in [0.29, 0.717) is 12.0 Å². The number of guanidine groups is 1. The van der Waals surface area contributed by atoms with Crippen LogP contribution in [0.1, 0.15) is 50.6 Å². The minimum absolute atomic E-state index is 0. The molecule has 0 amide bonds. The first-order valence-corrected chi connectivity index (χ1v) is 10.4. The topological polar surface area (TPSA) is 48.9 Å². The van der Waals surface area contributed by atoms with Gasteiger partial charge in [0.25, 0.3) is 0 Å². The Bertz CT molecular complexity index is 621. The van der Waals surface area contributed by atoms with Gasteiger partial charge in [0.05, 0.1) is 6.04 Å². The molecular formula is C22H38FIN4O. The average molecular weight is 520 g/mol. The van der Waals surface area contributed by atoms with E-state index in [4.69, 9.17) is 4.74 Å². The van der Waals surface area contributed by atoms with Gasteiger partial charge in [-0.3, -0.25) is 4.99 Å². The molecule has 0 aliphatic heterocycles. The summed E-state index contributed by atoms with van der Waals surface area (Å²) < 4.78 is 19.2. The van der Waals surface area contributed by atoms with Crippen molar-refractivity contribution >= 4 is 29.9 Å². The maximum Gasteiger partial charge on any atom is 0.191 e. The average Bonchev–Trinajstić information content (AvgIpc) is 3.13. The van der Waals surface area contributed by atoms with E-state index in [-0.39, 0.29) is 35.8 Å². The Hall–Kier alpha value is -0.930. The molecule has 1 fully saturated rings. The number of nitrogens with zero attached hydrogens (tertiary/aromatic N) is 2. The summed E-state index contributed by atoms with van der Waals surface area (Å²) in [6.07, 6.45) is 6.17. The molecule has 0 radical (unpaired) electrons. The quantitative estimate of drug-likeness (QED) is 0.210. The van der Waals surface area contributed by atoms with Crippen LogP contribution in [-0.2, 0) is 4.74 Å². The number of hydrogen-bond acceptors (Lipinski definition) is 3. The summed E-state index contributed by atoms with van der Waals surface area (Å²) in [7, 11) is 5.81. The molecule has 1 aliphatic carbocycles. The summed E-state index contributed by atoms with van der Waals surface area (Å²) in [6.45, 7) is 5.21. The maximum atomic E-state index is 13.6. The van der Waals surface area contributed by atoms with Gasteiger partial charge in [-0.2, -0.15) is 0 Å². The van der Waals surface area contributed by atoms with Crippen molar-refractivity contribution in [3.8, 4) is 0 Å². The van der Waals surface area contributed by atoms with Gasteiger partial charge in [-0.05, 0) is 63.4 Å². The predicted molar refractivity (Wildman–Crippen MR) is 130 cm³/mol. The highest BCUT2D eigenvalue weighted by molar-refractivity contribution is 14.0. The molecule has 2 N–H and O–H groups in total. The van der Waals surface area contributed by atoms with Crippen molar-refractivity contribution in [1.82, 2.24) is 15.5 Å². The zero-order chi connectivity index (χ0) is 20.4. The predicted octanol–water partition coefficient (Wildman–Crippen LogP) is 4.20. The molecule has 0 aromatic heterocycles. The van der Waals surface area contributed by atoms with Crippen LogP contribution in [0, 0.1) is 11.2 Å². The minimum atomic E-state index is -0.204. The van der Waals surface area contributed by atoms with Crippen molar-refractivity contribution < 1.29 is 9.13 Å². The van der Waals surface area contributed by atoms with Crippen molar-refractivity contribution in [2.24, 2.45) is 10.4 Å². The van der Waals surface area contributed by atoms with E-state index < -0.39 is 0 Å². The highest BCUT2D eigenvalue weighted by Crippen LogP contribution is 2.40. The van der Waals surface area contributed by atoms with E-state index in [1.54, 1.807) is 19.2 Å². The third-order valence-corrected chi connectivity index (χ3v) is 5.82. The summed E-state index contributed by atoms with van der Waals surface area (Å²) in [5.74, 6) is 0.593. The third-order valence-electron chi connectivity index (χ3n) is 5.82. The molecule has 1 aromatic carbocycles. The fourth-order valence-corrected chi connectivity index (χ4v) is 4.07. The Morgan fingerprint density at radius 2 is 2.00 bits per heavy atom. The van der Waals surface area contributed by atoms with Crippen molar-refractivity contribution in [3.05, 3.63) is 35.6 Å². The summed E-state index contributed by atoms with van der Waals surface area (Å²) in [5, 5.41) is 6.95. The third kappa shape index (κ3) is 8.38. The highest BCUT2D eigenvalue weighted by atomic mass is 127. The molecule has 166 valence electrons. The zero-order valence-electron chi connectivity index (χ0n) is 18.3. The number of aliphatic imine (C=N–C) groups is 1. The molecule has 1 aromatic rings. The lowest BCUT2D eigenvalue weighted by molar-refractivity contribution is 0.105. The molecule has 1 unspecified atom stereocenters. The Morgan fingerprint density at radius 3 is 2.59 bits per heavy atom. The van der Waals surface area contributed by atoms with Gasteiger partial charge in [-0.1, -0.05) is 25.0 Å². The standard InChI is InChI=1S/C22H37FN4O.HI/c1-5-28-14-13-22(11-6-7-12-22)17-26-21(24-2)25-16-20(27(3)4)18-9-8-10-19(23)15-18;/h8-10,15,20H,5-7,11-14,16-17H2,1-4H3,(H2,24,25,26);1H. The number of likely N-dealkylation sites (N-methyl/N-ethyl adjacent to an activating group) is 1. The Balaban J connectivity index is 0.00000420. The van der Waals surface area contributed by atoms with Gasteiger partial charge in [0.1, 0.15) is 5.82 Å². The zero-order valence-corrected chi connectivity index (χ0v) is 20.7. The Morgan fingerprint density at radius 1 is 1.28 bits per heavy atom. The number of ether oxygens (including phenoxy) is 1. The number of rotatable bonds is 10. The minimum Gasteiger partial charge on any atom is -0.382 e. The van der Waals surface area contributed by atoms with Gasteiger partial charge >= 0.3 is 0 Å². The Labute approximate surface area is 192 Å². The lowest BCUT2D eigenvalue weighted by Gasteiger charge is -2.31. The van der Waals surface area contributed by atoms with Crippen LogP contribution in [0.25, 0.3) is 0 Å². The first-order valence-electron chi connectivity index (χ1n) is 10.4. The fraction of sp³-hybridized carbons (Fsp3) is 0.682. The largest absolute Gasteiger partial charge is 0.382 e. The molecule has 0 saturated heterocycles. The van der Waals surface area contributed by atoms with E-state index >= 15 is 0 Å². The van der Waals surface area contributed by atoms with Gasteiger partial charge in [0, 0.05) is 33.4 Å². The van der Waals surface area contributed by atoms with Crippen LogP contribution in [0.2, 0.25) is 0 Å². The molecule has 1 saturated carbocycles. The van der Waals surface area contributed by atoms with Crippen molar-refractivity contribution in [3.63, 3.8) is 0 Å². The van der Waals surface area contributed by atoms with E-state index in [0.717, 1.165) is 37.7 Å². The van der Waals surface area contributed by atoms with Crippen molar-refractivity contribution in [1.29, 1.82) is 0 Å². The van der Waals surface area contributed by atoms with Crippen molar-refractivity contribution in [2.45, 2.75) is 45.1 Å². The first-order chi connectivity index (χ1) is 13.5. The van der Waals surface area contributed by atoms with E-state index in [1.807, 2.05) is 27.1 Å². The van der Waals surface area contributed by atoms with E-state index in [9.17, 15) is 4.39 Å². The van der Waals surface area contributed by atoms with Crippen LogP contribution in [0.5, 0.6) is 0 Å². The molecule has 5 nitrogen and oxygen atoms in total. The second-order valence-corrected chi connectivity index (χ2v) is 8.00. The van der Waals surface area contributed by atoms with Gasteiger partial charge in [-0.15, -0.1) is 24.0 Å². The maximum absolute atomic E-state index is 13.6. The highest BCUT2D eigenvalue weighted by Gasteiger charge is 2.33. The molecule has 1 aliphatic rings. The smallest absolute Gasteiger partial charge is 0.191 e. The van der Waals surface area contributed by atoms with Crippen LogP contribution >= 0.6 is 24.0 Å². The van der Waals surface area contributed by atoms with Gasteiger partial charge in [0.15, 0.2) is 5.96 Å².